The van der Waals surface area contributed by atoms with Crippen molar-refractivity contribution in [2.45, 2.75) is 13.1 Å². The van der Waals surface area contributed by atoms with Crippen molar-refractivity contribution in [1.29, 1.82) is 0 Å². The molecular weight excluding hydrogens is 315 g/mol. The molecule has 0 bridgehead atoms. The van der Waals surface area contributed by atoms with Crippen LogP contribution in [0.2, 0.25) is 13.1 Å². The van der Waals surface area contributed by atoms with E-state index in [0.29, 0.717) is 0 Å². The molecule has 0 aliphatic carbocycles. The first kappa shape index (κ1) is 11.2. The van der Waals surface area contributed by atoms with Crippen LogP contribution in [0, 0.1) is 0 Å². The van der Waals surface area contributed by atoms with Gasteiger partial charge in [-0.25, -0.2) is 0 Å². The molecule has 0 saturated carbocycles. The first-order valence-electron chi connectivity index (χ1n) is 3.63. The van der Waals surface area contributed by atoms with Crippen molar-refractivity contribution in [1.82, 2.24) is 0 Å². The summed E-state index contributed by atoms with van der Waals surface area (Å²) in [6.07, 6.45) is 1.95. The second kappa shape index (κ2) is 4.94. The van der Waals surface area contributed by atoms with Gasteiger partial charge in [-0.3, -0.25) is 0 Å². The van der Waals surface area contributed by atoms with E-state index in [0.717, 1.165) is 0 Å². The SMILES string of the molecule is C=C[c-]1cccc1[SiH](C)C.[Hf]. The fourth-order valence-corrected chi connectivity index (χ4v) is 2.54. The summed E-state index contributed by atoms with van der Waals surface area (Å²) >= 11 is 0. The Morgan fingerprint density at radius 1 is 1.55 bits per heavy atom. The molecule has 58 valence electrons. The Bertz CT molecular complexity index is 225. The van der Waals surface area contributed by atoms with Crippen LogP contribution >= 0.6 is 0 Å². The van der Waals surface area contributed by atoms with Gasteiger partial charge in [0.15, 0.2) is 0 Å². The molecule has 11 heavy (non-hydrogen) atoms. The minimum Gasteiger partial charge on any atom is -0.175 e. The van der Waals surface area contributed by atoms with Crippen molar-refractivity contribution >= 4 is 20.1 Å². The van der Waals surface area contributed by atoms with E-state index in [1.165, 1.54) is 10.8 Å². The molecular formula is C9H13HfSi-. The van der Waals surface area contributed by atoms with Crippen molar-refractivity contribution in [3.05, 3.63) is 30.3 Å². The van der Waals surface area contributed by atoms with Gasteiger partial charge in [0.25, 0.3) is 0 Å². The van der Waals surface area contributed by atoms with Crippen LogP contribution < -0.4 is 5.19 Å². The first-order valence-corrected chi connectivity index (χ1v) is 6.52. The molecule has 0 amide bonds. The molecule has 0 heterocycles. The van der Waals surface area contributed by atoms with Gasteiger partial charge in [-0.1, -0.05) is 13.1 Å². The van der Waals surface area contributed by atoms with Crippen molar-refractivity contribution in [3.63, 3.8) is 0 Å². The average molecular weight is 328 g/mol. The van der Waals surface area contributed by atoms with Crippen LogP contribution in [0.3, 0.4) is 0 Å². The third-order valence-electron chi connectivity index (χ3n) is 1.73. The van der Waals surface area contributed by atoms with Crippen LogP contribution in [0.4, 0.5) is 0 Å². The maximum absolute atomic E-state index is 3.77. The van der Waals surface area contributed by atoms with Gasteiger partial charge in [-0.2, -0.15) is 18.7 Å². The molecule has 1 aromatic carbocycles. The molecule has 0 aliphatic rings. The molecule has 0 radical (unpaired) electrons. The number of hydrogen-bond donors (Lipinski definition) is 0. The maximum atomic E-state index is 3.77. The Morgan fingerprint density at radius 2 is 2.18 bits per heavy atom. The van der Waals surface area contributed by atoms with E-state index in [2.05, 4.69) is 37.9 Å². The zero-order valence-corrected chi connectivity index (χ0v) is 11.8. The zero-order chi connectivity index (χ0) is 7.56. The fourth-order valence-electron chi connectivity index (χ4n) is 1.16. The van der Waals surface area contributed by atoms with Gasteiger partial charge in [0.05, 0.1) is 0 Å². The summed E-state index contributed by atoms with van der Waals surface area (Å²) in [5.74, 6) is 0. The molecule has 0 spiro atoms. The largest absolute Gasteiger partial charge is 0.175 e. The molecule has 0 saturated heterocycles. The van der Waals surface area contributed by atoms with Gasteiger partial charge in [0.1, 0.15) is 0 Å². The van der Waals surface area contributed by atoms with Gasteiger partial charge >= 0.3 is 0 Å². The second-order valence-electron chi connectivity index (χ2n) is 2.80. The minimum atomic E-state index is -0.608. The summed E-state index contributed by atoms with van der Waals surface area (Å²) in [5, 5.41) is 1.54. The van der Waals surface area contributed by atoms with Crippen molar-refractivity contribution in [2.75, 3.05) is 0 Å². The summed E-state index contributed by atoms with van der Waals surface area (Å²) in [5.41, 5.74) is 1.33. The topological polar surface area (TPSA) is 0 Å². The predicted molar refractivity (Wildman–Crippen MR) is 50.6 cm³/mol. The smallest absolute Gasteiger partial charge is 0.0433 e. The van der Waals surface area contributed by atoms with E-state index >= 15 is 0 Å². The maximum Gasteiger partial charge on any atom is 0.0433 e. The van der Waals surface area contributed by atoms with E-state index in [-0.39, 0.29) is 25.8 Å². The Labute approximate surface area is 89.1 Å². The van der Waals surface area contributed by atoms with E-state index in [1.54, 1.807) is 0 Å². The van der Waals surface area contributed by atoms with E-state index < -0.39 is 8.80 Å². The van der Waals surface area contributed by atoms with Gasteiger partial charge in [-0.05, 0) is 0 Å². The van der Waals surface area contributed by atoms with Crippen LogP contribution in [0.15, 0.2) is 24.8 Å². The summed E-state index contributed by atoms with van der Waals surface area (Å²) < 4.78 is 0. The summed E-state index contributed by atoms with van der Waals surface area (Å²) in [6, 6.07) is 6.46. The third-order valence-corrected chi connectivity index (χ3v) is 3.50. The molecule has 0 atom stereocenters. The third kappa shape index (κ3) is 2.60. The Morgan fingerprint density at radius 3 is 2.55 bits per heavy atom. The molecule has 0 N–H and O–H groups in total. The number of rotatable bonds is 2. The van der Waals surface area contributed by atoms with Crippen molar-refractivity contribution in [3.8, 4) is 0 Å². The fraction of sp³-hybridized carbons (Fsp3) is 0.222. The molecule has 1 aromatic rings. The van der Waals surface area contributed by atoms with Gasteiger partial charge < -0.3 is 0 Å². The molecule has 1 rings (SSSR count). The normalized spacial score (nSPS) is 9.36. The monoisotopic (exact) mass is 329 g/mol. The predicted octanol–water partition coefficient (Wildman–Crippen LogP) is 1.74. The Kier molecular flexibility index (Phi) is 5.02. The standard InChI is InChI=1S/C9H13Si.Hf/c1-4-8-6-5-7-9(8)10(2)3;/h4-7,10H,1H2,2-3H3;/q-1;. The van der Waals surface area contributed by atoms with Crippen LogP contribution in [-0.4, -0.2) is 8.80 Å². The summed E-state index contributed by atoms with van der Waals surface area (Å²) in [4.78, 5) is 0. The molecule has 2 heteroatoms. The van der Waals surface area contributed by atoms with Crippen molar-refractivity contribution < 1.29 is 25.8 Å². The van der Waals surface area contributed by atoms with Crippen molar-refractivity contribution in [2.24, 2.45) is 0 Å². The second-order valence-corrected chi connectivity index (χ2v) is 5.73. The summed E-state index contributed by atoms with van der Waals surface area (Å²) in [6.45, 7) is 8.44. The molecule has 0 unspecified atom stereocenters. The van der Waals surface area contributed by atoms with Gasteiger partial charge in [0, 0.05) is 34.6 Å². The van der Waals surface area contributed by atoms with Gasteiger partial charge in [0.2, 0.25) is 0 Å². The molecule has 0 aliphatic heterocycles. The molecule has 0 nitrogen and oxygen atoms in total. The Hall–Kier alpha value is 0.177. The van der Waals surface area contributed by atoms with Crippen LogP contribution in [0.1, 0.15) is 5.56 Å². The molecule has 0 aromatic heterocycles. The quantitative estimate of drug-likeness (QED) is 0.573. The van der Waals surface area contributed by atoms with E-state index in [1.807, 2.05) is 6.08 Å². The first-order chi connectivity index (χ1) is 4.75. The minimum absolute atomic E-state index is 0. The van der Waals surface area contributed by atoms with E-state index in [4.69, 9.17) is 0 Å². The van der Waals surface area contributed by atoms with Gasteiger partial charge in [-0.15, -0.1) is 22.9 Å². The van der Waals surface area contributed by atoms with Crippen LogP contribution in [0.5, 0.6) is 0 Å². The summed E-state index contributed by atoms with van der Waals surface area (Å²) in [7, 11) is -0.608. The Balaban J connectivity index is 0.000001000. The molecule has 0 fully saturated rings. The average Bonchev–Trinajstić information content (AvgIpc) is 2.33. The number of hydrogen-bond acceptors (Lipinski definition) is 0. The zero-order valence-electron chi connectivity index (χ0n) is 7.09. The van der Waals surface area contributed by atoms with E-state index in [9.17, 15) is 0 Å². The van der Waals surface area contributed by atoms with Crippen LogP contribution in [0.25, 0.3) is 6.08 Å². The van der Waals surface area contributed by atoms with Crippen LogP contribution in [-0.2, 0) is 25.8 Å².